The van der Waals surface area contributed by atoms with Gasteiger partial charge in [-0.1, -0.05) is 24.3 Å². The molecule has 2 aromatic rings. The van der Waals surface area contributed by atoms with E-state index in [2.05, 4.69) is 15.6 Å². The van der Waals surface area contributed by atoms with Crippen LogP contribution in [0.4, 0.5) is 10.1 Å². The molecule has 146 valence electrons. The van der Waals surface area contributed by atoms with E-state index in [4.69, 9.17) is 4.74 Å². The topological polar surface area (TPSA) is 88.8 Å². The Morgan fingerprint density at radius 1 is 1.26 bits per heavy atom. The number of halogens is 2. The van der Waals surface area contributed by atoms with E-state index in [-0.39, 0.29) is 41.5 Å². The average molecular weight is 488 g/mol. The van der Waals surface area contributed by atoms with Gasteiger partial charge in [-0.15, -0.1) is 24.0 Å². The van der Waals surface area contributed by atoms with Gasteiger partial charge in [-0.05, 0) is 24.6 Å². The first kappa shape index (κ1) is 22.6. The summed E-state index contributed by atoms with van der Waals surface area (Å²) in [5.74, 6) is 0.300. The third-order valence-corrected chi connectivity index (χ3v) is 3.53. The van der Waals surface area contributed by atoms with Crippen molar-refractivity contribution in [3.8, 4) is 5.75 Å². The average Bonchev–Trinajstić information content (AvgIpc) is 2.64. The molecule has 27 heavy (non-hydrogen) atoms. The monoisotopic (exact) mass is 488 g/mol. The molecule has 0 saturated carbocycles. The minimum atomic E-state index is -0.432. The second-order valence-electron chi connectivity index (χ2n) is 5.59. The number of hydrogen-bond acceptors (Lipinski definition) is 4. The second-order valence-corrected chi connectivity index (χ2v) is 5.59. The van der Waals surface area contributed by atoms with Gasteiger partial charge in [-0.25, -0.2) is 4.39 Å². The zero-order valence-corrected chi connectivity index (χ0v) is 17.3. The van der Waals surface area contributed by atoms with Gasteiger partial charge in [0.25, 0.3) is 5.69 Å². The van der Waals surface area contributed by atoms with E-state index in [0.717, 1.165) is 5.56 Å². The molecule has 1 unspecified atom stereocenters. The summed E-state index contributed by atoms with van der Waals surface area (Å²) in [6, 6.07) is 12.6. The molecule has 0 saturated heterocycles. The Labute approximate surface area is 174 Å². The number of rotatable bonds is 7. The number of nitro benzene ring substituents is 1. The molecule has 0 aliphatic heterocycles. The molecule has 0 fully saturated rings. The number of nitrogens with one attached hydrogen (secondary N) is 2. The van der Waals surface area contributed by atoms with E-state index in [1.54, 1.807) is 37.4 Å². The van der Waals surface area contributed by atoms with Gasteiger partial charge < -0.3 is 15.4 Å². The van der Waals surface area contributed by atoms with E-state index < -0.39 is 10.7 Å². The number of para-hydroxylation sites is 1. The van der Waals surface area contributed by atoms with Crippen LogP contribution in [0.3, 0.4) is 0 Å². The molecule has 0 spiro atoms. The number of nitrogens with zero attached hydrogens (tertiary/aromatic N) is 2. The van der Waals surface area contributed by atoms with Crippen LogP contribution >= 0.6 is 24.0 Å². The first-order chi connectivity index (χ1) is 12.5. The Morgan fingerprint density at radius 2 is 2.00 bits per heavy atom. The van der Waals surface area contributed by atoms with Gasteiger partial charge in [0, 0.05) is 25.7 Å². The van der Waals surface area contributed by atoms with E-state index in [9.17, 15) is 14.5 Å². The number of non-ortho nitro benzene ring substituents is 1. The van der Waals surface area contributed by atoms with Gasteiger partial charge >= 0.3 is 0 Å². The molecule has 0 aliphatic carbocycles. The molecule has 7 nitrogen and oxygen atoms in total. The van der Waals surface area contributed by atoms with Crippen LogP contribution in [-0.2, 0) is 6.54 Å². The van der Waals surface area contributed by atoms with Gasteiger partial charge in [0.1, 0.15) is 6.10 Å². The summed E-state index contributed by atoms with van der Waals surface area (Å²) in [7, 11) is 1.62. The quantitative estimate of drug-likeness (QED) is 0.205. The van der Waals surface area contributed by atoms with E-state index >= 15 is 0 Å². The predicted molar refractivity (Wildman–Crippen MR) is 113 cm³/mol. The maximum absolute atomic E-state index is 13.6. The number of ether oxygens (including phenoxy) is 1. The van der Waals surface area contributed by atoms with Crippen molar-refractivity contribution < 1.29 is 14.1 Å². The number of benzene rings is 2. The summed E-state index contributed by atoms with van der Waals surface area (Å²) < 4.78 is 19.1. The summed E-state index contributed by atoms with van der Waals surface area (Å²) in [5, 5.41) is 17.0. The molecular weight excluding hydrogens is 466 g/mol. The fourth-order valence-corrected chi connectivity index (χ4v) is 2.23. The minimum absolute atomic E-state index is 0. The zero-order chi connectivity index (χ0) is 18.9. The maximum Gasteiger partial charge on any atom is 0.269 e. The van der Waals surface area contributed by atoms with Gasteiger partial charge in [-0.3, -0.25) is 15.1 Å². The number of nitro groups is 1. The lowest BCUT2D eigenvalue weighted by Crippen LogP contribution is -2.41. The third-order valence-electron chi connectivity index (χ3n) is 3.53. The van der Waals surface area contributed by atoms with Crippen LogP contribution in [-0.4, -0.2) is 30.6 Å². The van der Waals surface area contributed by atoms with Crippen molar-refractivity contribution in [2.45, 2.75) is 19.6 Å². The molecule has 0 heterocycles. The van der Waals surface area contributed by atoms with Gasteiger partial charge in [-0.2, -0.15) is 0 Å². The summed E-state index contributed by atoms with van der Waals surface area (Å²) in [5.41, 5.74) is 0.803. The Kier molecular flexibility index (Phi) is 9.48. The lowest BCUT2D eigenvalue weighted by Gasteiger charge is -2.18. The van der Waals surface area contributed by atoms with Crippen LogP contribution in [0.15, 0.2) is 53.5 Å². The van der Waals surface area contributed by atoms with E-state index in [0.29, 0.717) is 19.0 Å². The Hall–Kier alpha value is -2.43. The summed E-state index contributed by atoms with van der Waals surface area (Å²) >= 11 is 0. The van der Waals surface area contributed by atoms with Crippen LogP contribution in [0.25, 0.3) is 0 Å². The summed E-state index contributed by atoms with van der Waals surface area (Å²) in [6.07, 6.45) is -0.289. The van der Waals surface area contributed by atoms with Gasteiger partial charge in [0.2, 0.25) is 0 Å². The summed E-state index contributed by atoms with van der Waals surface area (Å²) in [6.45, 7) is 2.60. The van der Waals surface area contributed by atoms with Gasteiger partial charge in [0.15, 0.2) is 17.5 Å². The Morgan fingerprint density at radius 3 is 2.67 bits per heavy atom. The molecule has 0 radical (unpaired) electrons. The molecule has 1 atom stereocenters. The van der Waals surface area contributed by atoms with Crippen molar-refractivity contribution >= 4 is 35.6 Å². The highest BCUT2D eigenvalue weighted by Gasteiger charge is 2.09. The fourth-order valence-electron chi connectivity index (χ4n) is 2.23. The smallest absolute Gasteiger partial charge is 0.269 e. The van der Waals surface area contributed by atoms with Crippen molar-refractivity contribution in [3.63, 3.8) is 0 Å². The Balaban J connectivity index is 0.00000364. The fraction of sp³-hybridized carbons (Fsp3) is 0.278. The lowest BCUT2D eigenvalue weighted by atomic mass is 10.2. The van der Waals surface area contributed by atoms with E-state index in [1.807, 2.05) is 6.92 Å². The van der Waals surface area contributed by atoms with Crippen molar-refractivity contribution in [2.75, 3.05) is 13.6 Å². The van der Waals surface area contributed by atoms with Crippen molar-refractivity contribution in [1.82, 2.24) is 10.6 Å². The first-order valence-electron chi connectivity index (χ1n) is 8.08. The molecular formula is C18H22FIN4O3. The molecule has 9 heteroatoms. The third kappa shape index (κ3) is 7.37. The van der Waals surface area contributed by atoms with Crippen molar-refractivity contribution in [3.05, 3.63) is 70.0 Å². The molecule has 2 N–H and O–H groups in total. The first-order valence-corrected chi connectivity index (χ1v) is 8.08. The standard InChI is InChI=1S/C18H21FN4O3.HI/c1-13(26-17-9-4-3-8-16(17)19)11-21-18(20-2)22-12-14-6-5-7-15(10-14)23(24)25;/h3-10,13H,11-12H2,1-2H3,(H2,20,21,22);1H. The number of aliphatic imine (C=N–C) groups is 1. The molecule has 0 aliphatic rings. The highest BCUT2D eigenvalue weighted by atomic mass is 127. The van der Waals surface area contributed by atoms with Crippen LogP contribution in [0.1, 0.15) is 12.5 Å². The van der Waals surface area contributed by atoms with Crippen LogP contribution in [0, 0.1) is 15.9 Å². The second kappa shape index (κ2) is 11.3. The molecule has 0 bridgehead atoms. The molecule has 0 aromatic heterocycles. The van der Waals surface area contributed by atoms with Crippen LogP contribution in [0.2, 0.25) is 0 Å². The summed E-state index contributed by atoms with van der Waals surface area (Å²) in [4.78, 5) is 14.5. The molecule has 0 amide bonds. The van der Waals surface area contributed by atoms with Crippen molar-refractivity contribution in [2.24, 2.45) is 4.99 Å². The van der Waals surface area contributed by atoms with E-state index in [1.165, 1.54) is 18.2 Å². The normalized spacial score (nSPS) is 11.9. The Bertz CT molecular complexity index is 789. The lowest BCUT2D eigenvalue weighted by molar-refractivity contribution is -0.384. The van der Waals surface area contributed by atoms with Crippen molar-refractivity contribution in [1.29, 1.82) is 0 Å². The number of hydrogen-bond donors (Lipinski definition) is 2. The maximum atomic E-state index is 13.6. The molecule has 2 aromatic carbocycles. The number of guanidine groups is 1. The van der Waals surface area contributed by atoms with Crippen LogP contribution < -0.4 is 15.4 Å². The SMILES string of the molecule is CN=C(NCc1cccc([N+](=O)[O-])c1)NCC(C)Oc1ccccc1F.I. The van der Waals surface area contributed by atoms with Crippen LogP contribution in [0.5, 0.6) is 5.75 Å². The van der Waals surface area contributed by atoms with Gasteiger partial charge in [0.05, 0.1) is 11.5 Å². The highest BCUT2D eigenvalue weighted by molar-refractivity contribution is 14.0. The predicted octanol–water partition coefficient (Wildman–Crippen LogP) is 3.48. The molecule has 2 rings (SSSR count). The highest BCUT2D eigenvalue weighted by Crippen LogP contribution is 2.16. The minimum Gasteiger partial charge on any atom is -0.486 e. The largest absolute Gasteiger partial charge is 0.486 e. The zero-order valence-electron chi connectivity index (χ0n) is 15.0.